The number of piperidine rings is 1. The summed E-state index contributed by atoms with van der Waals surface area (Å²) in [5, 5.41) is 0. The first kappa shape index (κ1) is 14.5. The molecule has 0 aromatic heterocycles. The van der Waals surface area contributed by atoms with Crippen LogP contribution in [0, 0.1) is 11.7 Å². The fourth-order valence-electron chi connectivity index (χ4n) is 2.50. The van der Waals surface area contributed by atoms with Crippen LogP contribution in [-0.4, -0.2) is 48.8 Å². The molecule has 1 aromatic rings. The second kappa shape index (κ2) is 6.03. The number of benzene rings is 1. The fraction of sp³-hybridized carbons (Fsp3) is 0.467. The number of likely N-dealkylation sites (tertiary alicyclic amines) is 1. The first-order valence-corrected chi connectivity index (χ1v) is 6.75. The number of rotatable bonds is 2. The quantitative estimate of drug-likeness (QED) is 0.827. The summed E-state index contributed by atoms with van der Waals surface area (Å²) in [5.41, 5.74) is 0.102. The molecule has 0 bridgehead atoms. The number of amides is 2. The Morgan fingerprint density at radius 2 is 1.80 bits per heavy atom. The summed E-state index contributed by atoms with van der Waals surface area (Å²) in [5.74, 6) is -0.722. The van der Waals surface area contributed by atoms with E-state index in [1.54, 1.807) is 36.0 Å². The highest BCUT2D eigenvalue weighted by Crippen LogP contribution is 2.21. The van der Waals surface area contributed by atoms with Gasteiger partial charge in [0.15, 0.2) is 0 Å². The highest BCUT2D eigenvalue weighted by molar-refractivity contribution is 5.94. The van der Waals surface area contributed by atoms with Crippen LogP contribution in [0.4, 0.5) is 4.39 Å². The van der Waals surface area contributed by atoms with Crippen LogP contribution in [0.25, 0.3) is 0 Å². The van der Waals surface area contributed by atoms with Gasteiger partial charge in [-0.05, 0) is 25.0 Å². The van der Waals surface area contributed by atoms with Crippen LogP contribution in [0.1, 0.15) is 23.2 Å². The van der Waals surface area contributed by atoms with Crippen molar-refractivity contribution < 1.29 is 14.0 Å². The second-order valence-electron chi connectivity index (χ2n) is 5.28. The van der Waals surface area contributed by atoms with E-state index in [9.17, 15) is 14.0 Å². The molecule has 108 valence electrons. The first-order chi connectivity index (χ1) is 9.50. The molecule has 2 rings (SSSR count). The third-order valence-corrected chi connectivity index (χ3v) is 3.68. The topological polar surface area (TPSA) is 40.6 Å². The molecule has 4 nitrogen and oxygen atoms in total. The molecule has 1 aliphatic rings. The van der Waals surface area contributed by atoms with Gasteiger partial charge in [-0.3, -0.25) is 9.59 Å². The molecule has 0 saturated carbocycles. The first-order valence-electron chi connectivity index (χ1n) is 6.75. The summed E-state index contributed by atoms with van der Waals surface area (Å²) in [6.07, 6.45) is 1.27. The molecule has 0 spiro atoms. The average molecular weight is 278 g/mol. The van der Waals surface area contributed by atoms with E-state index in [1.807, 2.05) is 0 Å². The van der Waals surface area contributed by atoms with Crippen molar-refractivity contribution in [3.05, 3.63) is 35.6 Å². The van der Waals surface area contributed by atoms with Crippen LogP contribution < -0.4 is 0 Å². The van der Waals surface area contributed by atoms with E-state index < -0.39 is 5.82 Å². The van der Waals surface area contributed by atoms with Gasteiger partial charge in [0, 0.05) is 33.1 Å². The third kappa shape index (κ3) is 2.98. The molecule has 2 amide bonds. The minimum absolute atomic E-state index is 0.0327. The molecule has 0 aliphatic carbocycles. The number of halogens is 1. The minimum atomic E-state index is -0.496. The van der Waals surface area contributed by atoms with Crippen LogP contribution >= 0.6 is 0 Å². The Balaban J connectivity index is 1.99. The Bertz CT molecular complexity index is 508. The Labute approximate surface area is 118 Å². The van der Waals surface area contributed by atoms with Crippen LogP contribution in [0.5, 0.6) is 0 Å². The Morgan fingerprint density at radius 1 is 1.20 bits per heavy atom. The maximum absolute atomic E-state index is 13.6. The Morgan fingerprint density at radius 3 is 2.35 bits per heavy atom. The molecular weight excluding hydrogens is 259 g/mol. The van der Waals surface area contributed by atoms with Gasteiger partial charge in [-0.1, -0.05) is 12.1 Å². The van der Waals surface area contributed by atoms with Crippen molar-refractivity contribution in [2.75, 3.05) is 27.2 Å². The lowest BCUT2D eigenvalue weighted by Gasteiger charge is -2.32. The summed E-state index contributed by atoms with van der Waals surface area (Å²) in [4.78, 5) is 27.3. The SMILES string of the molecule is CN(C)C(=O)C1CCN(C(=O)c2ccccc2F)CC1. The largest absolute Gasteiger partial charge is 0.349 e. The smallest absolute Gasteiger partial charge is 0.256 e. The van der Waals surface area contributed by atoms with Crippen molar-refractivity contribution >= 4 is 11.8 Å². The van der Waals surface area contributed by atoms with E-state index in [-0.39, 0.29) is 23.3 Å². The Kier molecular flexibility index (Phi) is 4.37. The van der Waals surface area contributed by atoms with Crippen LogP contribution in [0.15, 0.2) is 24.3 Å². The van der Waals surface area contributed by atoms with Gasteiger partial charge in [0.1, 0.15) is 5.82 Å². The van der Waals surface area contributed by atoms with Crippen molar-refractivity contribution in [3.63, 3.8) is 0 Å². The van der Waals surface area contributed by atoms with Gasteiger partial charge in [0.2, 0.25) is 5.91 Å². The van der Waals surface area contributed by atoms with E-state index in [4.69, 9.17) is 0 Å². The molecule has 5 heteroatoms. The zero-order chi connectivity index (χ0) is 14.7. The summed E-state index contributed by atoms with van der Waals surface area (Å²) in [6.45, 7) is 0.995. The normalized spacial score (nSPS) is 16.1. The van der Waals surface area contributed by atoms with Gasteiger partial charge in [-0.15, -0.1) is 0 Å². The molecule has 1 aliphatic heterocycles. The van der Waals surface area contributed by atoms with Gasteiger partial charge in [-0.25, -0.2) is 4.39 Å². The zero-order valence-corrected chi connectivity index (χ0v) is 11.8. The monoisotopic (exact) mass is 278 g/mol. The molecule has 0 atom stereocenters. The van der Waals surface area contributed by atoms with Gasteiger partial charge in [-0.2, -0.15) is 0 Å². The summed E-state index contributed by atoms with van der Waals surface area (Å²) in [7, 11) is 3.47. The van der Waals surface area contributed by atoms with Crippen LogP contribution in [0.3, 0.4) is 0 Å². The number of hydrogen-bond donors (Lipinski definition) is 0. The summed E-state index contributed by atoms with van der Waals surface area (Å²) in [6, 6.07) is 6.00. The van der Waals surface area contributed by atoms with E-state index >= 15 is 0 Å². The highest BCUT2D eigenvalue weighted by Gasteiger charge is 2.29. The Hall–Kier alpha value is -1.91. The lowest BCUT2D eigenvalue weighted by atomic mass is 9.95. The van der Waals surface area contributed by atoms with Gasteiger partial charge in [0.05, 0.1) is 5.56 Å². The van der Waals surface area contributed by atoms with Gasteiger partial charge < -0.3 is 9.80 Å². The van der Waals surface area contributed by atoms with Crippen LogP contribution in [-0.2, 0) is 4.79 Å². The van der Waals surface area contributed by atoms with E-state index in [0.29, 0.717) is 25.9 Å². The predicted octanol–water partition coefficient (Wildman–Crippen LogP) is 1.77. The van der Waals surface area contributed by atoms with Crippen molar-refractivity contribution in [2.45, 2.75) is 12.8 Å². The zero-order valence-electron chi connectivity index (χ0n) is 11.8. The number of nitrogens with zero attached hydrogens (tertiary/aromatic N) is 2. The van der Waals surface area contributed by atoms with E-state index in [0.717, 1.165) is 0 Å². The van der Waals surface area contributed by atoms with Gasteiger partial charge >= 0.3 is 0 Å². The van der Waals surface area contributed by atoms with Crippen molar-refractivity contribution in [3.8, 4) is 0 Å². The molecular formula is C15H19FN2O2. The van der Waals surface area contributed by atoms with Crippen molar-refractivity contribution in [1.82, 2.24) is 9.80 Å². The predicted molar refractivity (Wildman–Crippen MR) is 73.7 cm³/mol. The molecule has 0 N–H and O–H groups in total. The molecule has 0 radical (unpaired) electrons. The number of carbonyl (C=O) groups excluding carboxylic acids is 2. The minimum Gasteiger partial charge on any atom is -0.349 e. The van der Waals surface area contributed by atoms with E-state index in [1.165, 1.54) is 12.1 Å². The fourth-order valence-corrected chi connectivity index (χ4v) is 2.50. The standard InChI is InChI=1S/C15H19FN2O2/c1-17(2)14(19)11-7-9-18(10-8-11)15(20)12-5-3-4-6-13(12)16/h3-6,11H,7-10H2,1-2H3. The average Bonchev–Trinajstić information content (AvgIpc) is 2.46. The second-order valence-corrected chi connectivity index (χ2v) is 5.28. The van der Waals surface area contributed by atoms with E-state index in [2.05, 4.69) is 0 Å². The maximum Gasteiger partial charge on any atom is 0.256 e. The lowest BCUT2D eigenvalue weighted by molar-refractivity contribution is -0.134. The molecule has 1 aromatic carbocycles. The number of carbonyl (C=O) groups is 2. The highest BCUT2D eigenvalue weighted by atomic mass is 19.1. The third-order valence-electron chi connectivity index (χ3n) is 3.68. The van der Waals surface area contributed by atoms with Crippen molar-refractivity contribution in [1.29, 1.82) is 0 Å². The lowest BCUT2D eigenvalue weighted by Crippen LogP contribution is -2.43. The van der Waals surface area contributed by atoms with Crippen molar-refractivity contribution in [2.24, 2.45) is 5.92 Å². The molecule has 0 unspecified atom stereocenters. The number of hydrogen-bond acceptors (Lipinski definition) is 2. The molecule has 1 fully saturated rings. The summed E-state index contributed by atoms with van der Waals surface area (Å²) >= 11 is 0. The molecule has 1 saturated heterocycles. The summed E-state index contributed by atoms with van der Waals surface area (Å²) < 4.78 is 13.6. The molecule has 1 heterocycles. The van der Waals surface area contributed by atoms with Gasteiger partial charge in [0.25, 0.3) is 5.91 Å². The molecule has 20 heavy (non-hydrogen) atoms. The maximum atomic E-state index is 13.6. The van der Waals surface area contributed by atoms with Crippen LogP contribution in [0.2, 0.25) is 0 Å².